The van der Waals surface area contributed by atoms with Gasteiger partial charge in [-0.25, -0.2) is 12.8 Å². The van der Waals surface area contributed by atoms with Gasteiger partial charge >= 0.3 is 0 Å². The summed E-state index contributed by atoms with van der Waals surface area (Å²) in [6, 6.07) is 5.80. The number of benzene rings is 1. The minimum absolute atomic E-state index is 0.135. The van der Waals surface area contributed by atoms with Crippen LogP contribution >= 0.6 is 0 Å². The molecule has 3 aromatic rings. The number of hydrogen-bond donors (Lipinski definition) is 0. The fourth-order valence-electron chi connectivity index (χ4n) is 4.31. The number of ether oxygens (including phenoxy) is 1. The maximum absolute atomic E-state index is 14.6. The van der Waals surface area contributed by atoms with Crippen molar-refractivity contribution in [2.24, 2.45) is 0 Å². The summed E-state index contributed by atoms with van der Waals surface area (Å²) >= 11 is 0. The fourth-order valence-corrected chi connectivity index (χ4v) is 5.82. The lowest BCUT2D eigenvalue weighted by molar-refractivity contribution is -0.108. The zero-order chi connectivity index (χ0) is 22.9. The minimum Gasteiger partial charge on any atom is -0.491 e. The monoisotopic (exact) mass is 459 g/mol. The van der Waals surface area contributed by atoms with Crippen molar-refractivity contribution < 1.29 is 22.3 Å². The van der Waals surface area contributed by atoms with Gasteiger partial charge in [0.1, 0.15) is 22.7 Å². The summed E-state index contributed by atoms with van der Waals surface area (Å²) in [5.74, 6) is -0.364. The first-order valence-electron chi connectivity index (χ1n) is 10.6. The molecule has 32 heavy (non-hydrogen) atoms. The Kier molecular flexibility index (Phi) is 6.30. The molecule has 1 aliphatic rings. The molecule has 0 radical (unpaired) electrons. The van der Waals surface area contributed by atoms with Crippen LogP contribution in [0.1, 0.15) is 38.2 Å². The van der Waals surface area contributed by atoms with Crippen LogP contribution in [-0.4, -0.2) is 47.8 Å². The first-order chi connectivity index (χ1) is 15.3. The molecule has 0 spiro atoms. The van der Waals surface area contributed by atoms with Crippen LogP contribution < -0.4 is 4.74 Å². The molecule has 1 aliphatic heterocycles. The molecule has 1 aromatic carbocycles. The minimum atomic E-state index is -3.95. The number of hydrogen-bond acceptors (Lipinski definition) is 5. The Labute approximate surface area is 186 Å². The first kappa shape index (κ1) is 22.4. The van der Waals surface area contributed by atoms with Crippen molar-refractivity contribution in [2.75, 3.05) is 13.1 Å². The van der Waals surface area contributed by atoms with Gasteiger partial charge in [0.2, 0.25) is 10.0 Å². The largest absolute Gasteiger partial charge is 0.491 e. The van der Waals surface area contributed by atoms with E-state index in [-0.39, 0.29) is 23.5 Å². The van der Waals surface area contributed by atoms with Gasteiger partial charge in [-0.1, -0.05) is 0 Å². The second-order valence-corrected chi connectivity index (χ2v) is 10.1. The molecule has 1 saturated heterocycles. The Morgan fingerprint density at radius 3 is 2.66 bits per heavy atom. The number of nitrogens with zero attached hydrogens (tertiary/aromatic N) is 3. The van der Waals surface area contributed by atoms with Gasteiger partial charge in [0, 0.05) is 36.9 Å². The molecule has 4 rings (SSSR count). The lowest BCUT2D eigenvalue weighted by atomic mass is 9.90. The highest BCUT2D eigenvalue weighted by atomic mass is 32.2. The molecule has 170 valence electrons. The summed E-state index contributed by atoms with van der Waals surface area (Å²) < 4.78 is 49.4. The molecular weight excluding hydrogens is 433 g/mol. The second-order valence-electron chi connectivity index (χ2n) is 8.23. The molecule has 3 heterocycles. The van der Waals surface area contributed by atoms with Crippen LogP contribution in [0.15, 0.2) is 47.8 Å². The van der Waals surface area contributed by atoms with Gasteiger partial charge in [-0.15, -0.1) is 0 Å². The molecular formula is C23H26FN3O4S. The standard InChI is InChI=1S/C23H26FN3O4S/c1-16(2)31-18-3-4-23(21(24)13-18)32(29,30)27-9-6-17(7-10-27)20-15-26(11-12-28)22-14-25-8-5-19(20)22/h3-5,8,12-17H,6-7,9-11H2,1-2H3. The van der Waals surface area contributed by atoms with Gasteiger partial charge in [-0.2, -0.15) is 4.31 Å². The van der Waals surface area contributed by atoms with Gasteiger partial charge in [-0.05, 0) is 56.4 Å². The van der Waals surface area contributed by atoms with Gasteiger partial charge in [-0.3, -0.25) is 4.98 Å². The van der Waals surface area contributed by atoms with Gasteiger partial charge < -0.3 is 14.1 Å². The van der Waals surface area contributed by atoms with Crippen LogP contribution in [0.3, 0.4) is 0 Å². The molecule has 0 bridgehead atoms. The summed E-state index contributed by atoms with van der Waals surface area (Å²) in [6.07, 6.45) is 7.34. The van der Waals surface area contributed by atoms with Crippen molar-refractivity contribution in [1.29, 1.82) is 0 Å². The number of piperidine rings is 1. The van der Waals surface area contributed by atoms with Gasteiger partial charge in [0.05, 0.1) is 24.4 Å². The third-order valence-corrected chi connectivity index (χ3v) is 7.71. The molecule has 0 amide bonds. The third-order valence-electron chi connectivity index (χ3n) is 5.77. The molecule has 0 aliphatic carbocycles. The van der Waals surface area contributed by atoms with Crippen molar-refractivity contribution in [3.8, 4) is 5.75 Å². The number of sulfonamides is 1. The summed E-state index contributed by atoms with van der Waals surface area (Å²) in [5, 5.41) is 1.02. The lowest BCUT2D eigenvalue weighted by Crippen LogP contribution is -2.38. The highest BCUT2D eigenvalue weighted by Gasteiger charge is 2.33. The molecule has 0 unspecified atom stereocenters. The number of carbonyl (C=O) groups excluding carboxylic acids is 1. The van der Waals surface area contributed by atoms with Crippen LogP contribution in [0.4, 0.5) is 4.39 Å². The zero-order valence-electron chi connectivity index (χ0n) is 18.1. The number of aromatic nitrogens is 2. The van der Waals surface area contributed by atoms with E-state index in [4.69, 9.17) is 4.74 Å². The van der Waals surface area contributed by atoms with Crippen LogP contribution in [0.2, 0.25) is 0 Å². The van der Waals surface area contributed by atoms with E-state index in [0.717, 1.165) is 28.8 Å². The SMILES string of the molecule is CC(C)Oc1ccc(S(=O)(=O)N2CCC(c3cn(CC=O)c4cnccc34)CC2)c(F)c1. The van der Waals surface area contributed by atoms with E-state index >= 15 is 0 Å². The predicted molar refractivity (Wildman–Crippen MR) is 119 cm³/mol. The molecule has 2 aromatic heterocycles. The molecule has 0 saturated carbocycles. The summed E-state index contributed by atoms with van der Waals surface area (Å²) in [4.78, 5) is 14.9. The summed E-state index contributed by atoms with van der Waals surface area (Å²) in [6.45, 7) is 4.47. The highest BCUT2D eigenvalue weighted by molar-refractivity contribution is 7.89. The normalized spacial score (nSPS) is 16.0. The highest BCUT2D eigenvalue weighted by Crippen LogP contribution is 2.36. The number of fused-ring (bicyclic) bond motifs is 1. The predicted octanol–water partition coefficient (Wildman–Crippen LogP) is 3.73. The average Bonchev–Trinajstić information content (AvgIpc) is 3.12. The molecule has 0 N–H and O–H groups in total. The maximum atomic E-state index is 14.6. The van der Waals surface area contributed by atoms with Crippen molar-refractivity contribution >= 4 is 27.2 Å². The summed E-state index contributed by atoms with van der Waals surface area (Å²) in [5.41, 5.74) is 1.97. The number of carbonyl (C=O) groups is 1. The third kappa shape index (κ3) is 4.27. The van der Waals surface area contributed by atoms with E-state index in [1.165, 1.54) is 16.4 Å². The van der Waals surface area contributed by atoms with Crippen molar-refractivity contribution in [1.82, 2.24) is 13.9 Å². The number of aldehydes is 1. The summed E-state index contributed by atoms with van der Waals surface area (Å²) in [7, 11) is -3.95. The Morgan fingerprint density at radius 2 is 2.00 bits per heavy atom. The topological polar surface area (TPSA) is 81.5 Å². The van der Waals surface area contributed by atoms with E-state index in [2.05, 4.69) is 4.98 Å². The zero-order valence-corrected chi connectivity index (χ0v) is 18.9. The number of pyridine rings is 1. The van der Waals surface area contributed by atoms with E-state index in [9.17, 15) is 17.6 Å². The molecule has 7 nitrogen and oxygen atoms in total. The Bertz CT molecular complexity index is 1230. The van der Waals surface area contributed by atoms with E-state index in [0.29, 0.717) is 31.7 Å². The number of halogens is 1. The quantitative estimate of drug-likeness (QED) is 0.503. The second kappa shape index (κ2) is 8.99. The van der Waals surface area contributed by atoms with Crippen molar-refractivity contribution in [3.63, 3.8) is 0 Å². The average molecular weight is 460 g/mol. The van der Waals surface area contributed by atoms with Gasteiger partial charge in [0.25, 0.3) is 0 Å². The lowest BCUT2D eigenvalue weighted by Gasteiger charge is -2.31. The van der Waals surface area contributed by atoms with E-state index in [1.807, 2.05) is 30.7 Å². The molecule has 0 atom stereocenters. The van der Waals surface area contributed by atoms with E-state index in [1.54, 1.807) is 12.4 Å². The Balaban J connectivity index is 1.53. The Morgan fingerprint density at radius 1 is 1.25 bits per heavy atom. The Hall–Kier alpha value is -2.78. The van der Waals surface area contributed by atoms with E-state index < -0.39 is 15.8 Å². The van der Waals surface area contributed by atoms with Crippen LogP contribution in [0.5, 0.6) is 5.75 Å². The van der Waals surface area contributed by atoms with Gasteiger partial charge in [0.15, 0.2) is 0 Å². The smallest absolute Gasteiger partial charge is 0.245 e. The first-order valence-corrected chi connectivity index (χ1v) is 12.1. The molecule has 1 fully saturated rings. The van der Waals surface area contributed by atoms with Crippen molar-refractivity contribution in [3.05, 3.63) is 54.2 Å². The fraction of sp³-hybridized carbons (Fsp3) is 0.391. The molecule has 9 heteroatoms. The van der Waals surface area contributed by atoms with Crippen molar-refractivity contribution in [2.45, 2.75) is 50.2 Å². The van der Waals surface area contributed by atoms with Crippen LogP contribution in [-0.2, 0) is 21.4 Å². The number of rotatable bonds is 7. The van der Waals surface area contributed by atoms with Crippen LogP contribution in [0, 0.1) is 5.82 Å². The maximum Gasteiger partial charge on any atom is 0.245 e. The van der Waals surface area contributed by atoms with Crippen LogP contribution in [0.25, 0.3) is 10.9 Å².